The van der Waals surface area contributed by atoms with E-state index in [2.05, 4.69) is 9.97 Å². The molecule has 0 aliphatic carbocycles. The maximum Gasteiger partial charge on any atom is 0.132 e. The van der Waals surface area contributed by atoms with E-state index >= 15 is 0 Å². The third-order valence-corrected chi connectivity index (χ3v) is 1.99. The average molecular weight is 228 g/mol. The molecule has 0 saturated heterocycles. The fourth-order valence-corrected chi connectivity index (χ4v) is 1.28. The highest BCUT2D eigenvalue weighted by Crippen LogP contribution is 2.19. The summed E-state index contributed by atoms with van der Waals surface area (Å²) in [7, 11) is 0. The average Bonchev–Trinajstić information content (AvgIpc) is 2.67. The molecular formula is C10H11ClFN3. The van der Waals surface area contributed by atoms with Gasteiger partial charge in [-0.3, -0.25) is 0 Å². The predicted octanol–water partition coefficient (Wildman–Crippen LogP) is 2.10. The molecule has 80 valence electrons. The number of imidazole rings is 1. The highest BCUT2D eigenvalue weighted by atomic mass is 35.5. The Morgan fingerprint density at radius 3 is 2.67 bits per heavy atom. The second-order valence-electron chi connectivity index (χ2n) is 2.93. The monoisotopic (exact) mass is 227 g/mol. The maximum absolute atomic E-state index is 13.3. The molecule has 0 spiro atoms. The SMILES string of the molecule is Cl.NCc1ncc(-c2ccccc2F)[nH]1. The van der Waals surface area contributed by atoms with Crippen LogP contribution in [0.3, 0.4) is 0 Å². The largest absolute Gasteiger partial charge is 0.341 e. The number of nitrogens with two attached hydrogens (primary N) is 1. The molecular weight excluding hydrogens is 217 g/mol. The third kappa shape index (κ3) is 2.34. The fourth-order valence-electron chi connectivity index (χ4n) is 1.28. The number of aromatic amines is 1. The van der Waals surface area contributed by atoms with Crippen molar-refractivity contribution in [1.29, 1.82) is 0 Å². The normalized spacial score (nSPS) is 9.73. The van der Waals surface area contributed by atoms with Crippen molar-refractivity contribution >= 4 is 12.4 Å². The van der Waals surface area contributed by atoms with Gasteiger partial charge in [0.1, 0.15) is 11.6 Å². The van der Waals surface area contributed by atoms with Crippen molar-refractivity contribution in [2.75, 3.05) is 0 Å². The summed E-state index contributed by atoms with van der Waals surface area (Å²) in [6, 6.07) is 6.54. The first-order chi connectivity index (χ1) is 6.81. The van der Waals surface area contributed by atoms with Gasteiger partial charge >= 0.3 is 0 Å². The number of aromatic nitrogens is 2. The van der Waals surface area contributed by atoms with E-state index in [0.29, 0.717) is 23.6 Å². The van der Waals surface area contributed by atoms with Crippen LogP contribution in [-0.2, 0) is 6.54 Å². The molecule has 2 rings (SSSR count). The van der Waals surface area contributed by atoms with Gasteiger partial charge in [0.15, 0.2) is 0 Å². The van der Waals surface area contributed by atoms with Crippen molar-refractivity contribution in [3.05, 3.63) is 42.1 Å². The smallest absolute Gasteiger partial charge is 0.132 e. The molecule has 1 aromatic heterocycles. The van der Waals surface area contributed by atoms with E-state index in [4.69, 9.17) is 5.73 Å². The molecule has 15 heavy (non-hydrogen) atoms. The molecule has 0 atom stereocenters. The quantitative estimate of drug-likeness (QED) is 0.826. The molecule has 0 fully saturated rings. The first-order valence-corrected chi connectivity index (χ1v) is 4.30. The van der Waals surface area contributed by atoms with Crippen molar-refractivity contribution in [2.45, 2.75) is 6.54 Å². The number of rotatable bonds is 2. The van der Waals surface area contributed by atoms with Gasteiger partial charge in [-0.15, -0.1) is 12.4 Å². The van der Waals surface area contributed by atoms with Gasteiger partial charge in [0, 0.05) is 5.56 Å². The van der Waals surface area contributed by atoms with E-state index in [1.54, 1.807) is 24.4 Å². The van der Waals surface area contributed by atoms with E-state index in [0.717, 1.165) is 0 Å². The zero-order valence-electron chi connectivity index (χ0n) is 7.90. The highest BCUT2D eigenvalue weighted by Gasteiger charge is 2.06. The summed E-state index contributed by atoms with van der Waals surface area (Å²) in [4.78, 5) is 6.95. The lowest BCUT2D eigenvalue weighted by Gasteiger charge is -1.98. The molecule has 1 heterocycles. The summed E-state index contributed by atoms with van der Waals surface area (Å²) >= 11 is 0. The van der Waals surface area contributed by atoms with Crippen molar-refractivity contribution in [3.63, 3.8) is 0 Å². The predicted molar refractivity (Wildman–Crippen MR) is 59.1 cm³/mol. The fraction of sp³-hybridized carbons (Fsp3) is 0.100. The van der Waals surface area contributed by atoms with E-state index in [9.17, 15) is 4.39 Å². The summed E-state index contributed by atoms with van der Waals surface area (Å²) in [6.07, 6.45) is 1.58. The topological polar surface area (TPSA) is 54.7 Å². The molecule has 3 N–H and O–H groups in total. The lowest BCUT2D eigenvalue weighted by molar-refractivity contribution is 0.631. The van der Waals surface area contributed by atoms with Gasteiger partial charge in [0.2, 0.25) is 0 Å². The number of nitrogens with one attached hydrogen (secondary N) is 1. The van der Waals surface area contributed by atoms with E-state index in [-0.39, 0.29) is 18.2 Å². The Hall–Kier alpha value is -1.39. The minimum absolute atomic E-state index is 0. The highest BCUT2D eigenvalue weighted by molar-refractivity contribution is 5.85. The lowest BCUT2D eigenvalue weighted by Crippen LogP contribution is -1.97. The van der Waals surface area contributed by atoms with Crippen molar-refractivity contribution in [2.24, 2.45) is 5.73 Å². The van der Waals surface area contributed by atoms with Gasteiger partial charge in [0.25, 0.3) is 0 Å². The van der Waals surface area contributed by atoms with Crippen LogP contribution in [0.5, 0.6) is 0 Å². The second-order valence-corrected chi connectivity index (χ2v) is 2.93. The molecule has 5 heteroatoms. The second kappa shape index (κ2) is 4.91. The Morgan fingerprint density at radius 1 is 1.33 bits per heavy atom. The molecule has 3 nitrogen and oxygen atoms in total. The van der Waals surface area contributed by atoms with Gasteiger partial charge in [-0.2, -0.15) is 0 Å². The van der Waals surface area contributed by atoms with Gasteiger partial charge in [-0.05, 0) is 12.1 Å². The third-order valence-electron chi connectivity index (χ3n) is 1.99. The van der Waals surface area contributed by atoms with Crippen LogP contribution in [0.4, 0.5) is 4.39 Å². The van der Waals surface area contributed by atoms with Crippen LogP contribution >= 0.6 is 12.4 Å². The first-order valence-electron chi connectivity index (χ1n) is 4.30. The zero-order chi connectivity index (χ0) is 9.97. The van der Waals surface area contributed by atoms with Gasteiger partial charge in [-0.25, -0.2) is 9.37 Å². The molecule has 0 amide bonds. The molecule has 0 bridgehead atoms. The number of benzene rings is 1. The van der Waals surface area contributed by atoms with E-state index in [1.165, 1.54) is 6.07 Å². The summed E-state index contributed by atoms with van der Waals surface area (Å²) in [5, 5.41) is 0. The maximum atomic E-state index is 13.3. The number of H-pyrrole nitrogens is 1. The van der Waals surface area contributed by atoms with Gasteiger partial charge in [-0.1, -0.05) is 12.1 Å². The number of hydrogen-bond donors (Lipinski definition) is 2. The molecule has 0 unspecified atom stereocenters. The molecule has 2 aromatic rings. The number of nitrogens with zero attached hydrogens (tertiary/aromatic N) is 1. The van der Waals surface area contributed by atoms with Crippen molar-refractivity contribution in [1.82, 2.24) is 9.97 Å². The number of hydrogen-bond acceptors (Lipinski definition) is 2. The summed E-state index contributed by atoms with van der Waals surface area (Å²) in [5.74, 6) is 0.392. The Bertz CT molecular complexity index is 442. The van der Waals surface area contributed by atoms with Crippen LogP contribution in [-0.4, -0.2) is 9.97 Å². The van der Waals surface area contributed by atoms with E-state index < -0.39 is 0 Å². The first kappa shape index (κ1) is 11.7. The van der Waals surface area contributed by atoms with Gasteiger partial charge < -0.3 is 10.7 Å². The minimum Gasteiger partial charge on any atom is -0.341 e. The Morgan fingerprint density at radius 2 is 2.07 bits per heavy atom. The van der Waals surface area contributed by atoms with Crippen LogP contribution in [0.25, 0.3) is 11.3 Å². The van der Waals surface area contributed by atoms with Crippen LogP contribution < -0.4 is 5.73 Å². The van der Waals surface area contributed by atoms with Crippen LogP contribution in [0, 0.1) is 5.82 Å². The molecule has 0 aliphatic heterocycles. The zero-order valence-corrected chi connectivity index (χ0v) is 8.72. The minimum atomic E-state index is -0.264. The van der Waals surface area contributed by atoms with Crippen molar-refractivity contribution < 1.29 is 4.39 Å². The Kier molecular flexibility index (Phi) is 3.82. The Balaban J connectivity index is 0.00000112. The lowest BCUT2D eigenvalue weighted by atomic mass is 10.1. The van der Waals surface area contributed by atoms with Crippen LogP contribution in [0.15, 0.2) is 30.5 Å². The van der Waals surface area contributed by atoms with Crippen molar-refractivity contribution in [3.8, 4) is 11.3 Å². The standard InChI is InChI=1S/C10H10FN3.ClH/c11-8-4-2-1-3-7(8)9-6-13-10(5-12)14-9;/h1-4,6H,5,12H2,(H,13,14);1H. The molecule has 0 aliphatic rings. The summed E-state index contributed by atoms with van der Waals surface area (Å²) in [6.45, 7) is 0.328. The van der Waals surface area contributed by atoms with E-state index in [1.807, 2.05) is 0 Å². The van der Waals surface area contributed by atoms with Gasteiger partial charge in [0.05, 0.1) is 18.4 Å². The molecule has 0 radical (unpaired) electrons. The molecule has 0 saturated carbocycles. The molecule has 1 aromatic carbocycles. The Labute approximate surface area is 92.9 Å². The summed E-state index contributed by atoms with van der Waals surface area (Å²) < 4.78 is 13.3. The number of halogens is 2. The van der Waals surface area contributed by atoms with Crippen LogP contribution in [0.1, 0.15) is 5.82 Å². The van der Waals surface area contributed by atoms with Crippen LogP contribution in [0.2, 0.25) is 0 Å². The summed E-state index contributed by atoms with van der Waals surface area (Å²) in [5.41, 5.74) is 6.56.